The molecular weight excluding hydrogens is 218 g/mol. The van der Waals surface area contributed by atoms with Gasteiger partial charge in [0.25, 0.3) is 0 Å². The van der Waals surface area contributed by atoms with Crippen LogP contribution in [0.3, 0.4) is 0 Å². The molecule has 0 aromatic heterocycles. The number of benzene rings is 1. The van der Waals surface area contributed by atoms with Crippen molar-refractivity contribution in [2.75, 3.05) is 0 Å². The molecule has 18 heavy (non-hydrogen) atoms. The molecule has 0 bridgehead atoms. The van der Waals surface area contributed by atoms with Gasteiger partial charge >= 0.3 is 0 Å². The van der Waals surface area contributed by atoms with E-state index in [1.807, 2.05) is 0 Å². The Morgan fingerprint density at radius 3 is 2.22 bits per heavy atom. The van der Waals surface area contributed by atoms with Gasteiger partial charge in [-0.05, 0) is 48.1 Å². The Labute approximate surface area is 111 Å². The lowest BCUT2D eigenvalue weighted by atomic mass is 9.83. The van der Waals surface area contributed by atoms with Gasteiger partial charge in [-0.15, -0.1) is 0 Å². The largest absolute Gasteiger partial charge is 0.323 e. The summed E-state index contributed by atoms with van der Waals surface area (Å²) in [5, 5.41) is 0. The van der Waals surface area contributed by atoms with Crippen LogP contribution >= 0.6 is 0 Å². The van der Waals surface area contributed by atoms with E-state index in [9.17, 15) is 0 Å². The maximum atomic E-state index is 6.36. The van der Waals surface area contributed by atoms with Crippen LogP contribution in [-0.2, 0) is 0 Å². The van der Waals surface area contributed by atoms with Crippen LogP contribution in [0.5, 0.6) is 0 Å². The summed E-state index contributed by atoms with van der Waals surface area (Å²) in [5.74, 6) is 0.806. The molecule has 0 amide bonds. The standard InChI is InChI=1S/C17H25N/c1-17(11-12-17)16(18)15-9-7-14(8-10-15)13-5-3-2-4-6-13/h7-10,13,16H,2-6,11-12,18H2,1H3. The third-order valence-electron chi connectivity index (χ3n) is 5.16. The van der Waals surface area contributed by atoms with Gasteiger partial charge in [-0.3, -0.25) is 0 Å². The maximum Gasteiger partial charge on any atom is 0.0349 e. The van der Waals surface area contributed by atoms with Crippen LogP contribution in [0.25, 0.3) is 0 Å². The van der Waals surface area contributed by atoms with Crippen molar-refractivity contribution in [3.05, 3.63) is 35.4 Å². The first-order valence-corrected chi connectivity index (χ1v) is 7.54. The van der Waals surface area contributed by atoms with Gasteiger partial charge in [-0.2, -0.15) is 0 Å². The van der Waals surface area contributed by atoms with Gasteiger partial charge in [0.2, 0.25) is 0 Å². The quantitative estimate of drug-likeness (QED) is 0.829. The molecule has 98 valence electrons. The van der Waals surface area contributed by atoms with Crippen molar-refractivity contribution in [2.24, 2.45) is 11.1 Å². The topological polar surface area (TPSA) is 26.0 Å². The van der Waals surface area contributed by atoms with Crippen LogP contribution in [0.2, 0.25) is 0 Å². The second-order valence-electron chi connectivity index (χ2n) is 6.63. The Bertz CT molecular complexity index is 396. The van der Waals surface area contributed by atoms with E-state index in [0.717, 1.165) is 5.92 Å². The lowest BCUT2D eigenvalue weighted by Crippen LogP contribution is -2.20. The number of rotatable bonds is 3. The van der Waals surface area contributed by atoms with Crippen molar-refractivity contribution in [1.82, 2.24) is 0 Å². The van der Waals surface area contributed by atoms with Crippen molar-refractivity contribution in [1.29, 1.82) is 0 Å². The molecule has 1 aromatic rings. The molecule has 0 spiro atoms. The minimum absolute atomic E-state index is 0.234. The molecule has 2 fully saturated rings. The van der Waals surface area contributed by atoms with Crippen molar-refractivity contribution in [3.63, 3.8) is 0 Å². The van der Waals surface area contributed by atoms with Gasteiger partial charge in [0.05, 0.1) is 0 Å². The Balaban J connectivity index is 1.72. The molecule has 1 aromatic carbocycles. The zero-order chi connectivity index (χ0) is 12.6. The second kappa shape index (κ2) is 4.70. The highest BCUT2D eigenvalue weighted by molar-refractivity contribution is 5.29. The van der Waals surface area contributed by atoms with Crippen molar-refractivity contribution in [2.45, 2.75) is 63.8 Å². The smallest absolute Gasteiger partial charge is 0.0349 e. The van der Waals surface area contributed by atoms with Gasteiger partial charge in [0, 0.05) is 6.04 Å². The van der Waals surface area contributed by atoms with Crippen LogP contribution in [0.4, 0.5) is 0 Å². The lowest BCUT2D eigenvalue weighted by molar-refractivity contribution is 0.441. The lowest BCUT2D eigenvalue weighted by Gasteiger charge is -2.23. The second-order valence-corrected chi connectivity index (χ2v) is 6.63. The highest BCUT2D eigenvalue weighted by Gasteiger charge is 2.43. The molecule has 1 nitrogen and oxygen atoms in total. The van der Waals surface area contributed by atoms with Gasteiger partial charge in [0.15, 0.2) is 0 Å². The molecule has 1 heteroatoms. The van der Waals surface area contributed by atoms with Crippen LogP contribution in [0.15, 0.2) is 24.3 Å². The third-order valence-corrected chi connectivity index (χ3v) is 5.16. The zero-order valence-electron chi connectivity index (χ0n) is 11.5. The Morgan fingerprint density at radius 2 is 1.67 bits per heavy atom. The highest BCUT2D eigenvalue weighted by Crippen LogP contribution is 2.53. The molecule has 0 saturated heterocycles. The van der Waals surface area contributed by atoms with E-state index in [-0.39, 0.29) is 6.04 Å². The predicted octanol–water partition coefficient (Wildman–Crippen LogP) is 4.53. The molecule has 0 radical (unpaired) electrons. The van der Waals surface area contributed by atoms with E-state index < -0.39 is 0 Å². The highest BCUT2D eigenvalue weighted by atomic mass is 14.7. The molecule has 1 atom stereocenters. The summed E-state index contributed by atoms with van der Waals surface area (Å²) in [5.41, 5.74) is 9.61. The van der Waals surface area contributed by atoms with Gasteiger partial charge in [-0.25, -0.2) is 0 Å². The first-order valence-electron chi connectivity index (χ1n) is 7.54. The first kappa shape index (κ1) is 12.2. The van der Waals surface area contributed by atoms with Crippen LogP contribution in [0.1, 0.15) is 75.0 Å². The Kier molecular flexibility index (Phi) is 3.19. The fraction of sp³-hybridized carbons (Fsp3) is 0.647. The van der Waals surface area contributed by atoms with E-state index in [0.29, 0.717) is 5.41 Å². The van der Waals surface area contributed by atoms with E-state index in [2.05, 4.69) is 31.2 Å². The van der Waals surface area contributed by atoms with Crippen molar-refractivity contribution < 1.29 is 0 Å². The van der Waals surface area contributed by atoms with Gasteiger partial charge in [0.1, 0.15) is 0 Å². The summed E-state index contributed by atoms with van der Waals surface area (Å²) < 4.78 is 0. The summed E-state index contributed by atoms with van der Waals surface area (Å²) in [4.78, 5) is 0. The molecular formula is C17H25N. The molecule has 0 aliphatic heterocycles. The molecule has 1 unspecified atom stereocenters. The minimum Gasteiger partial charge on any atom is -0.323 e. The Morgan fingerprint density at radius 1 is 1.06 bits per heavy atom. The van der Waals surface area contributed by atoms with E-state index in [4.69, 9.17) is 5.73 Å². The molecule has 0 heterocycles. The monoisotopic (exact) mass is 243 g/mol. The summed E-state index contributed by atoms with van der Waals surface area (Å²) in [6, 6.07) is 9.45. The first-order chi connectivity index (χ1) is 8.69. The summed E-state index contributed by atoms with van der Waals surface area (Å²) in [7, 11) is 0. The van der Waals surface area contributed by atoms with Crippen molar-refractivity contribution in [3.8, 4) is 0 Å². The van der Waals surface area contributed by atoms with E-state index >= 15 is 0 Å². The normalized spacial score (nSPS) is 24.8. The Hall–Kier alpha value is -0.820. The fourth-order valence-electron chi connectivity index (χ4n) is 3.32. The van der Waals surface area contributed by atoms with Crippen LogP contribution < -0.4 is 5.73 Å². The molecule has 2 aliphatic rings. The summed E-state index contributed by atoms with van der Waals surface area (Å²) >= 11 is 0. The predicted molar refractivity (Wildman–Crippen MR) is 76.5 cm³/mol. The average molecular weight is 243 g/mol. The van der Waals surface area contributed by atoms with Gasteiger partial charge in [-0.1, -0.05) is 50.5 Å². The molecule has 2 saturated carbocycles. The third kappa shape index (κ3) is 2.33. The van der Waals surface area contributed by atoms with Crippen LogP contribution in [0, 0.1) is 5.41 Å². The zero-order valence-corrected chi connectivity index (χ0v) is 11.5. The summed E-state index contributed by atoms with van der Waals surface area (Å²) in [6.45, 7) is 2.31. The summed E-state index contributed by atoms with van der Waals surface area (Å²) in [6.07, 6.45) is 9.58. The SMILES string of the molecule is CC1(C(N)c2ccc(C3CCCCC3)cc2)CC1. The maximum absolute atomic E-state index is 6.36. The number of hydrogen-bond acceptors (Lipinski definition) is 1. The molecule has 3 rings (SSSR count). The van der Waals surface area contributed by atoms with Gasteiger partial charge < -0.3 is 5.73 Å². The van der Waals surface area contributed by atoms with E-state index in [1.165, 1.54) is 56.1 Å². The van der Waals surface area contributed by atoms with Crippen LogP contribution in [-0.4, -0.2) is 0 Å². The average Bonchev–Trinajstić information content (AvgIpc) is 3.18. The number of hydrogen-bond donors (Lipinski definition) is 1. The van der Waals surface area contributed by atoms with Crippen molar-refractivity contribution >= 4 is 0 Å². The molecule has 2 aliphatic carbocycles. The molecule has 2 N–H and O–H groups in total. The number of nitrogens with two attached hydrogens (primary N) is 1. The van der Waals surface area contributed by atoms with E-state index in [1.54, 1.807) is 0 Å². The fourth-order valence-corrected chi connectivity index (χ4v) is 3.32. The minimum atomic E-state index is 0.234.